The van der Waals surface area contributed by atoms with E-state index in [2.05, 4.69) is 59.6 Å². The van der Waals surface area contributed by atoms with E-state index in [1.165, 1.54) is 10.8 Å². The average Bonchev–Trinajstić information content (AvgIpc) is 3.27. The highest BCUT2D eigenvalue weighted by Crippen LogP contribution is 2.35. The van der Waals surface area contributed by atoms with Crippen LogP contribution in [0.4, 0.5) is 0 Å². The van der Waals surface area contributed by atoms with Crippen LogP contribution in [0.15, 0.2) is 119 Å². The maximum Gasteiger partial charge on any atom is 0.154 e. The number of hydrogen-bond acceptors (Lipinski definition) is 2. The van der Waals surface area contributed by atoms with E-state index in [1.54, 1.807) is 0 Å². The van der Waals surface area contributed by atoms with Crippen LogP contribution in [0, 0.1) is 5.41 Å². The second-order valence-electron chi connectivity index (χ2n) is 8.27. The Kier molecular flexibility index (Phi) is 4.70. The number of rotatable bonds is 3. The molecule has 34 heavy (non-hydrogen) atoms. The third-order valence-electron chi connectivity index (χ3n) is 6.13. The van der Waals surface area contributed by atoms with Gasteiger partial charge in [-0.15, -0.1) is 0 Å². The molecule has 0 atom stereocenters. The van der Waals surface area contributed by atoms with Gasteiger partial charge in [-0.05, 0) is 46.2 Å². The lowest BCUT2D eigenvalue weighted by Crippen LogP contribution is -2.15. The zero-order chi connectivity index (χ0) is 23.1. The summed E-state index contributed by atoms with van der Waals surface area (Å²) >= 11 is 0. The molecule has 0 radical (unpaired) electrons. The summed E-state index contributed by atoms with van der Waals surface area (Å²) in [5, 5.41) is 12.9. The number of hydrogen-bond donors (Lipinski definition) is 2. The van der Waals surface area contributed by atoms with Gasteiger partial charge in [0.1, 0.15) is 17.0 Å². The summed E-state index contributed by atoms with van der Waals surface area (Å²) in [7, 11) is 0. The maximum atomic E-state index is 8.70. The fourth-order valence-corrected chi connectivity index (χ4v) is 4.43. The third-order valence-corrected chi connectivity index (χ3v) is 6.13. The van der Waals surface area contributed by atoms with E-state index in [0.29, 0.717) is 11.4 Å². The van der Waals surface area contributed by atoms with Crippen LogP contribution in [0.5, 0.6) is 0 Å². The van der Waals surface area contributed by atoms with Gasteiger partial charge in [-0.3, -0.25) is 5.41 Å². The fraction of sp³-hybridized carbons (Fsp3) is 0. The predicted molar refractivity (Wildman–Crippen MR) is 141 cm³/mol. The van der Waals surface area contributed by atoms with Crippen molar-refractivity contribution in [3.05, 3.63) is 120 Å². The first-order valence-corrected chi connectivity index (χ1v) is 11.1. The van der Waals surface area contributed by atoms with Gasteiger partial charge in [-0.1, -0.05) is 84.9 Å². The van der Waals surface area contributed by atoms with Crippen molar-refractivity contribution in [1.29, 1.82) is 5.41 Å². The van der Waals surface area contributed by atoms with Crippen molar-refractivity contribution in [2.45, 2.75) is 0 Å². The number of fused-ring (bicyclic) bond motifs is 4. The molecule has 0 saturated heterocycles. The Labute approximate surface area is 196 Å². The predicted octanol–water partition coefficient (Wildman–Crippen LogP) is 7.14. The Morgan fingerprint density at radius 1 is 0.676 bits per heavy atom. The van der Waals surface area contributed by atoms with Crippen molar-refractivity contribution in [1.82, 2.24) is 0 Å². The standard InChI is InChI=1S/C30H21N3O/c31-29(20-8-2-1-3-9-20)33-30(32)24-11-6-12-27-28(24)25-18-23(15-16-26(25)34-27)22-14-13-19-7-4-5-10-21(19)17-22/h1-18H,(H3,31,32,33). The number of nitrogens with two attached hydrogens (primary N) is 1. The molecule has 6 rings (SSSR count). The largest absolute Gasteiger partial charge is 0.456 e. The molecule has 0 amide bonds. The lowest BCUT2D eigenvalue weighted by atomic mass is 9.98. The first-order chi connectivity index (χ1) is 16.7. The molecule has 0 saturated carbocycles. The molecule has 0 aliphatic carbocycles. The molecule has 0 bridgehead atoms. The molecule has 0 unspecified atom stereocenters. The maximum absolute atomic E-state index is 8.70. The zero-order valence-corrected chi connectivity index (χ0v) is 18.3. The third kappa shape index (κ3) is 3.42. The van der Waals surface area contributed by atoms with E-state index in [1.807, 2.05) is 54.6 Å². The van der Waals surface area contributed by atoms with Crippen molar-refractivity contribution >= 4 is 44.4 Å². The Morgan fingerprint density at radius 2 is 1.41 bits per heavy atom. The molecule has 0 aliphatic heterocycles. The fourth-order valence-electron chi connectivity index (χ4n) is 4.43. The van der Waals surface area contributed by atoms with Crippen molar-refractivity contribution < 1.29 is 4.42 Å². The Bertz CT molecular complexity index is 1730. The SMILES string of the molecule is N=C(/N=C(\N)c1ccccc1)c1cccc2oc3ccc(-c4ccc5ccccc5c4)cc3c12. The van der Waals surface area contributed by atoms with E-state index < -0.39 is 0 Å². The summed E-state index contributed by atoms with van der Waals surface area (Å²) in [4.78, 5) is 4.40. The monoisotopic (exact) mass is 439 g/mol. The Balaban J connectivity index is 1.49. The molecule has 162 valence electrons. The van der Waals surface area contributed by atoms with Crippen LogP contribution >= 0.6 is 0 Å². The summed E-state index contributed by atoms with van der Waals surface area (Å²) in [6.45, 7) is 0. The molecule has 4 heteroatoms. The quantitative estimate of drug-likeness (QED) is 0.227. The van der Waals surface area contributed by atoms with Crippen molar-refractivity contribution in [3.8, 4) is 11.1 Å². The number of aliphatic imine (C=N–C) groups is 1. The second kappa shape index (κ2) is 8.01. The first-order valence-electron chi connectivity index (χ1n) is 11.1. The number of nitrogens with zero attached hydrogens (tertiary/aromatic N) is 1. The van der Waals surface area contributed by atoms with Gasteiger partial charge in [-0.25, -0.2) is 4.99 Å². The van der Waals surface area contributed by atoms with E-state index >= 15 is 0 Å². The lowest BCUT2D eigenvalue weighted by Gasteiger charge is -2.06. The van der Waals surface area contributed by atoms with Crippen LogP contribution in [0.1, 0.15) is 11.1 Å². The van der Waals surface area contributed by atoms with Crippen LogP contribution in [0.3, 0.4) is 0 Å². The highest BCUT2D eigenvalue weighted by atomic mass is 16.3. The van der Waals surface area contributed by atoms with Gasteiger partial charge in [-0.2, -0.15) is 0 Å². The summed E-state index contributed by atoms with van der Waals surface area (Å²) < 4.78 is 6.12. The summed E-state index contributed by atoms with van der Waals surface area (Å²) in [6, 6.07) is 36.2. The normalized spacial score (nSPS) is 11.9. The topological polar surface area (TPSA) is 75.4 Å². The number of nitrogens with one attached hydrogen (secondary N) is 1. The van der Waals surface area contributed by atoms with Crippen LogP contribution in [0.25, 0.3) is 43.8 Å². The molecular weight excluding hydrogens is 418 g/mol. The zero-order valence-electron chi connectivity index (χ0n) is 18.3. The van der Waals surface area contributed by atoms with E-state index in [9.17, 15) is 0 Å². The van der Waals surface area contributed by atoms with Crippen LogP contribution in [0.2, 0.25) is 0 Å². The van der Waals surface area contributed by atoms with Gasteiger partial charge in [0.15, 0.2) is 5.84 Å². The number of benzene rings is 5. The molecule has 3 N–H and O–H groups in total. The lowest BCUT2D eigenvalue weighted by molar-refractivity contribution is 0.669. The minimum atomic E-state index is 0.103. The van der Waals surface area contributed by atoms with Gasteiger partial charge in [0.2, 0.25) is 0 Å². The highest BCUT2D eigenvalue weighted by Gasteiger charge is 2.15. The van der Waals surface area contributed by atoms with Gasteiger partial charge in [0.25, 0.3) is 0 Å². The number of furan rings is 1. The van der Waals surface area contributed by atoms with Crippen molar-refractivity contribution in [2.75, 3.05) is 0 Å². The van der Waals surface area contributed by atoms with Gasteiger partial charge < -0.3 is 10.2 Å². The molecular formula is C30H21N3O. The van der Waals surface area contributed by atoms with Crippen molar-refractivity contribution in [3.63, 3.8) is 0 Å². The van der Waals surface area contributed by atoms with Crippen molar-refractivity contribution in [2.24, 2.45) is 10.7 Å². The van der Waals surface area contributed by atoms with E-state index in [0.717, 1.165) is 38.6 Å². The average molecular weight is 440 g/mol. The first kappa shape index (κ1) is 19.9. The van der Waals surface area contributed by atoms with Crippen LogP contribution in [-0.4, -0.2) is 11.7 Å². The Morgan fingerprint density at radius 3 is 2.26 bits per heavy atom. The summed E-state index contributed by atoms with van der Waals surface area (Å²) in [5.74, 6) is 0.415. The summed E-state index contributed by atoms with van der Waals surface area (Å²) in [6.07, 6.45) is 0. The molecule has 0 spiro atoms. The van der Waals surface area contributed by atoms with Gasteiger partial charge in [0.05, 0.1) is 0 Å². The van der Waals surface area contributed by atoms with Gasteiger partial charge in [0, 0.05) is 21.9 Å². The molecule has 6 aromatic rings. The van der Waals surface area contributed by atoms with Crippen LogP contribution in [-0.2, 0) is 0 Å². The summed E-state index contributed by atoms with van der Waals surface area (Å²) in [5.41, 5.74) is 11.4. The molecule has 5 aromatic carbocycles. The molecule has 1 aromatic heterocycles. The molecule has 1 heterocycles. The van der Waals surface area contributed by atoms with Crippen LogP contribution < -0.4 is 5.73 Å². The molecule has 0 fully saturated rings. The minimum absolute atomic E-state index is 0.103. The minimum Gasteiger partial charge on any atom is -0.456 e. The molecule has 4 nitrogen and oxygen atoms in total. The molecule has 0 aliphatic rings. The smallest absolute Gasteiger partial charge is 0.154 e. The van der Waals surface area contributed by atoms with Gasteiger partial charge >= 0.3 is 0 Å². The van der Waals surface area contributed by atoms with E-state index in [-0.39, 0.29) is 5.84 Å². The Hall–Kier alpha value is -4.70. The number of amidine groups is 2. The second-order valence-corrected chi connectivity index (χ2v) is 8.27. The highest BCUT2D eigenvalue weighted by molar-refractivity contribution is 6.20. The van der Waals surface area contributed by atoms with E-state index in [4.69, 9.17) is 15.6 Å².